The minimum absolute atomic E-state index is 0.0375. The molecule has 1 N–H and O–H groups in total. The predicted octanol–water partition coefficient (Wildman–Crippen LogP) is 4.92. The number of carboxylic acid groups (broad SMARTS) is 1. The predicted molar refractivity (Wildman–Crippen MR) is 99.7 cm³/mol. The first kappa shape index (κ1) is 20.6. The van der Waals surface area contributed by atoms with Crippen LogP contribution in [-0.4, -0.2) is 41.5 Å². The Morgan fingerprint density at radius 1 is 1.25 bits per heavy atom. The number of carbonyl (C=O) groups is 1. The van der Waals surface area contributed by atoms with Gasteiger partial charge in [-0.3, -0.25) is 4.98 Å². The smallest absolute Gasteiger partial charge is 0.407 e. The van der Waals surface area contributed by atoms with Gasteiger partial charge in [0.25, 0.3) is 0 Å². The Balaban J connectivity index is 3.18. The topological polar surface area (TPSA) is 62.7 Å². The zero-order valence-corrected chi connectivity index (χ0v) is 17.3. The molecule has 0 saturated carbocycles. The largest absolute Gasteiger partial charge is 0.465 e. The van der Waals surface area contributed by atoms with E-state index in [0.29, 0.717) is 0 Å². The van der Waals surface area contributed by atoms with Crippen LogP contribution in [0.5, 0.6) is 0 Å². The quantitative estimate of drug-likeness (QED) is 0.764. The molecule has 1 rings (SSSR count). The maximum absolute atomic E-state index is 11.7. The van der Waals surface area contributed by atoms with Crippen LogP contribution in [0.25, 0.3) is 0 Å². The number of rotatable bonds is 5. The third-order valence-electron chi connectivity index (χ3n) is 4.65. The molecular formula is C18H32N2O3Si. The third kappa shape index (κ3) is 5.31. The van der Waals surface area contributed by atoms with Crippen LogP contribution < -0.4 is 0 Å². The highest BCUT2D eigenvalue weighted by Crippen LogP contribution is 2.40. The summed E-state index contributed by atoms with van der Waals surface area (Å²) in [5, 5.41) is 9.66. The molecule has 6 heteroatoms. The Morgan fingerprint density at radius 2 is 1.83 bits per heavy atom. The molecule has 0 aromatic carbocycles. The summed E-state index contributed by atoms with van der Waals surface area (Å²) in [4.78, 5) is 17.6. The molecule has 5 nitrogen and oxygen atoms in total. The van der Waals surface area contributed by atoms with Crippen molar-refractivity contribution in [2.24, 2.45) is 0 Å². The number of hydrogen-bond donors (Lipinski definition) is 1. The van der Waals surface area contributed by atoms with Crippen molar-refractivity contribution in [2.75, 3.05) is 6.54 Å². The van der Waals surface area contributed by atoms with Crippen LogP contribution in [0, 0.1) is 0 Å². The van der Waals surface area contributed by atoms with Gasteiger partial charge in [0.2, 0.25) is 0 Å². The molecule has 1 heterocycles. The fourth-order valence-corrected chi connectivity index (χ4v) is 3.35. The molecule has 24 heavy (non-hydrogen) atoms. The fourth-order valence-electron chi connectivity index (χ4n) is 2.09. The normalized spacial score (nSPS) is 14.3. The molecule has 0 radical (unpaired) electrons. The molecule has 0 saturated heterocycles. The maximum atomic E-state index is 11.7. The standard InChI is InChI=1S/C18H32N2O3Si/c1-17(2,3)20(16(21)22)13-15(14-11-9-10-12-19-14)23-24(7,8)18(4,5)6/h9-12,15H,13H2,1-8H3,(H,21,22). The second kappa shape index (κ2) is 7.23. The lowest BCUT2D eigenvalue weighted by Gasteiger charge is -2.42. The number of nitrogens with zero attached hydrogens (tertiary/aromatic N) is 2. The van der Waals surface area contributed by atoms with Gasteiger partial charge in [-0.05, 0) is 51.0 Å². The van der Waals surface area contributed by atoms with Gasteiger partial charge < -0.3 is 14.4 Å². The van der Waals surface area contributed by atoms with Gasteiger partial charge in [0.1, 0.15) is 6.10 Å². The average Bonchev–Trinajstić information content (AvgIpc) is 2.41. The summed E-state index contributed by atoms with van der Waals surface area (Å²) in [6.45, 7) is 16.8. The van der Waals surface area contributed by atoms with Crippen molar-refractivity contribution in [1.82, 2.24) is 9.88 Å². The van der Waals surface area contributed by atoms with Gasteiger partial charge in [-0.25, -0.2) is 4.79 Å². The van der Waals surface area contributed by atoms with E-state index in [0.717, 1.165) is 5.69 Å². The van der Waals surface area contributed by atoms with Crippen molar-refractivity contribution < 1.29 is 14.3 Å². The summed E-state index contributed by atoms with van der Waals surface area (Å²) in [7, 11) is -2.07. The van der Waals surface area contributed by atoms with Gasteiger partial charge in [0, 0.05) is 11.7 Å². The van der Waals surface area contributed by atoms with E-state index in [2.05, 4.69) is 38.8 Å². The Hall–Kier alpha value is -1.40. The molecule has 1 aromatic rings. The Labute approximate surface area is 147 Å². The van der Waals surface area contributed by atoms with E-state index in [1.54, 1.807) is 6.20 Å². The monoisotopic (exact) mass is 352 g/mol. The van der Waals surface area contributed by atoms with Gasteiger partial charge in [-0.15, -0.1) is 0 Å². The third-order valence-corrected chi connectivity index (χ3v) is 9.14. The number of pyridine rings is 1. The lowest BCUT2D eigenvalue weighted by Crippen LogP contribution is -2.50. The lowest BCUT2D eigenvalue weighted by atomic mass is 10.1. The summed E-state index contributed by atoms with van der Waals surface area (Å²) >= 11 is 0. The van der Waals surface area contributed by atoms with Crippen molar-refractivity contribution in [1.29, 1.82) is 0 Å². The van der Waals surface area contributed by atoms with Crippen LogP contribution in [0.1, 0.15) is 53.3 Å². The first-order valence-electron chi connectivity index (χ1n) is 8.35. The zero-order valence-electron chi connectivity index (χ0n) is 16.3. The second-order valence-corrected chi connectivity index (χ2v) is 13.4. The van der Waals surface area contributed by atoms with E-state index in [1.165, 1.54) is 4.90 Å². The van der Waals surface area contributed by atoms with Crippen LogP contribution >= 0.6 is 0 Å². The highest BCUT2D eigenvalue weighted by molar-refractivity contribution is 6.74. The summed E-state index contributed by atoms with van der Waals surface area (Å²) < 4.78 is 6.54. The fraction of sp³-hybridized carbons (Fsp3) is 0.667. The highest BCUT2D eigenvalue weighted by atomic mass is 28.4. The molecule has 1 amide bonds. The Bertz CT molecular complexity index is 548. The van der Waals surface area contributed by atoms with Gasteiger partial charge in [-0.2, -0.15) is 0 Å². The molecular weight excluding hydrogens is 320 g/mol. The highest BCUT2D eigenvalue weighted by Gasteiger charge is 2.41. The van der Waals surface area contributed by atoms with Crippen molar-refractivity contribution in [2.45, 2.75) is 71.3 Å². The number of hydrogen-bond acceptors (Lipinski definition) is 3. The van der Waals surface area contributed by atoms with Crippen LogP contribution in [0.2, 0.25) is 18.1 Å². The van der Waals surface area contributed by atoms with Crippen molar-refractivity contribution in [3.63, 3.8) is 0 Å². The van der Waals surface area contributed by atoms with E-state index < -0.39 is 19.9 Å². The molecule has 0 spiro atoms. The van der Waals surface area contributed by atoms with Gasteiger partial charge in [0.15, 0.2) is 8.32 Å². The molecule has 0 bridgehead atoms. The molecule has 1 atom stereocenters. The van der Waals surface area contributed by atoms with Crippen LogP contribution in [0.15, 0.2) is 24.4 Å². The number of aromatic nitrogens is 1. The summed E-state index contributed by atoms with van der Waals surface area (Å²) in [5.41, 5.74) is 0.271. The number of amides is 1. The van der Waals surface area contributed by atoms with Gasteiger partial charge in [-0.1, -0.05) is 26.8 Å². The first-order valence-corrected chi connectivity index (χ1v) is 11.3. The SMILES string of the molecule is CC(C)(C)N(CC(O[Si](C)(C)C(C)(C)C)c1ccccn1)C(=O)O. The summed E-state index contributed by atoms with van der Waals surface area (Å²) in [6, 6.07) is 5.67. The molecule has 1 aromatic heterocycles. The Kier molecular flexibility index (Phi) is 6.22. The van der Waals surface area contributed by atoms with Crippen molar-refractivity contribution in [3.05, 3.63) is 30.1 Å². The minimum Gasteiger partial charge on any atom is -0.465 e. The van der Waals surface area contributed by atoms with Gasteiger partial charge >= 0.3 is 6.09 Å². The second-order valence-electron chi connectivity index (χ2n) is 8.69. The lowest BCUT2D eigenvalue weighted by molar-refractivity contribution is 0.0583. The molecule has 136 valence electrons. The van der Waals surface area contributed by atoms with Crippen molar-refractivity contribution in [3.8, 4) is 0 Å². The minimum atomic E-state index is -2.07. The molecule has 0 aliphatic heterocycles. The first-order chi connectivity index (χ1) is 10.8. The summed E-state index contributed by atoms with van der Waals surface area (Å²) in [5.74, 6) is 0. The van der Waals surface area contributed by atoms with Crippen LogP contribution in [0.3, 0.4) is 0 Å². The summed E-state index contributed by atoms with van der Waals surface area (Å²) in [6.07, 6.45) is 0.407. The zero-order chi connectivity index (χ0) is 18.8. The van der Waals surface area contributed by atoms with Crippen LogP contribution in [0.4, 0.5) is 4.79 Å². The van der Waals surface area contributed by atoms with Crippen LogP contribution in [-0.2, 0) is 4.43 Å². The van der Waals surface area contributed by atoms with E-state index >= 15 is 0 Å². The Morgan fingerprint density at radius 3 is 2.21 bits per heavy atom. The molecule has 0 fully saturated rings. The van der Waals surface area contributed by atoms with E-state index in [-0.39, 0.29) is 17.7 Å². The van der Waals surface area contributed by atoms with Crippen molar-refractivity contribution >= 4 is 14.4 Å². The molecule has 0 aliphatic carbocycles. The maximum Gasteiger partial charge on any atom is 0.407 e. The molecule has 0 aliphatic rings. The van der Waals surface area contributed by atoms with E-state index in [4.69, 9.17) is 4.43 Å². The van der Waals surface area contributed by atoms with E-state index in [1.807, 2.05) is 39.0 Å². The molecule has 1 unspecified atom stereocenters. The average molecular weight is 353 g/mol. The van der Waals surface area contributed by atoms with E-state index in [9.17, 15) is 9.90 Å². The van der Waals surface area contributed by atoms with Gasteiger partial charge in [0.05, 0.1) is 12.2 Å².